The minimum absolute atomic E-state index is 0.0342. The summed E-state index contributed by atoms with van der Waals surface area (Å²) in [6.07, 6.45) is 84.1. The van der Waals surface area contributed by atoms with E-state index in [1.165, 1.54) is 0 Å². The minimum Gasteiger partial charge on any atom is -0.294 e. The van der Waals surface area contributed by atoms with Crippen molar-refractivity contribution in [2.75, 3.05) is 16.0 Å². The van der Waals surface area contributed by atoms with E-state index < -0.39 is 0 Å². The van der Waals surface area contributed by atoms with Crippen LogP contribution in [0.2, 0.25) is 0 Å². The fraction of sp³-hybridized carbons (Fsp3) is 0.429. The van der Waals surface area contributed by atoms with Crippen LogP contribution in [0.4, 0.5) is 17.8 Å². The third-order valence-electron chi connectivity index (χ3n) is 10.2. The van der Waals surface area contributed by atoms with Gasteiger partial charge in [-0.15, -0.1) is 0 Å². The standard InChI is InChI=1S/C63H90N6O3/c1-4-7-10-13-16-19-22-25-28-31-34-37-40-43-46-49-52-55-58(70)64-61-67-62(65-59(71)56-53-50-47-44-41-38-35-32-29-26-23-20-17-14-11-8-5-2)69-63(68-61)66-60(72)57-54-51-48-45-42-39-36-33-30-27-24-21-18-15-12-9-6-3/h7-12,16-21,25-30,34-39,43-48H,4-6,13-15,22-24,31-33,40-42,49-57H2,1-3H3,(H3,64,65,66,67,68,69,70,71,72). The van der Waals surface area contributed by atoms with Crippen molar-refractivity contribution in [3.05, 3.63) is 182 Å². The number of carbonyl (C=O) groups excluding carboxylic acids is 3. The van der Waals surface area contributed by atoms with Crippen LogP contribution in [-0.2, 0) is 14.4 Å². The van der Waals surface area contributed by atoms with E-state index in [0.29, 0.717) is 19.3 Å². The van der Waals surface area contributed by atoms with Crippen molar-refractivity contribution < 1.29 is 14.4 Å². The maximum absolute atomic E-state index is 12.9. The van der Waals surface area contributed by atoms with E-state index in [1.807, 2.05) is 0 Å². The Hall–Kier alpha value is -6.48. The maximum Gasteiger partial charge on any atom is 0.236 e. The third kappa shape index (κ3) is 44.7. The quantitative estimate of drug-likeness (QED) is 0.0442. The van der Waals surface area contributed by atoms with Crippen LogP contribution in [0.5, 0.6) is 0 Å². The average molecular weight is 979 g/mol. The van der Waals surface area contributed by atoms with Gasteiger partial charge in [0.25, 0.3) is 0 Å². The monoisotopic (exact) mass is 979 g/mol. The first-order valence-corrected chi connectivity index (χ1v) is 26.9. The molecule has 0 aliphatic rings. The molecule has 0 radical (unpaired) electrons. The highest BCUT2D eigenvalue weighted by Gasteiger charge is 2.14. The van der Waals surface area contributed by atoms with Crippen LogP contribution in [0.25, 0.3) is 0 Å². The van der Waals surface area contributed by atoms with Crippen molar-refractivity contribution in [1.82, 2.24) is 15.0 Å². The summed E-state index contributed by atoms with van der Waals surface area (Å²) < 4.78 is 0. The number of rotatable bonds is 42. The van der Waals surface area contributed by atoms with E-state index in [1.54, 1.807) is 0 Å². The Kier molecular flexibility index (Phi) is 44.9. The summed E-state index contributed by atoms with van der Waals surface area (Å²) in [5, 5.41) is 8.20. The Labute approximate surface area is 436 Å². The van der Waals surface area contributed by atoms with Gasteiger partial charge in [-0.2, -0.15) is 15.0 Å². The molecule has 1 aromatic heterocycles. The lowest BCUT2D eigenvalue weighted by atomic mass is 10.2. The number of unbranched alkanes of at least 4 members (excludes halogenated alkanes) is 3. The van der Waals surface area contributed by atoms with Crippen molar-refractivity contribution in [2.45, 2.75) is 175 Å². The van der Waals surface area contributed by atoms with Gasteiger partial charge in [0.1, 0.15) is 0 Å². The zero-order chi connectivity index (χ0) is 51.9. The van der Waals surface area contributed by atoms with E-state index in [0.717, 1.165) is 116 Å². The molecule has 1 aromatic rings. The second-order valence-corrected chi connectivity index (χ2v) is 16.8. The second kappa shape index (κ2) is 50.9. The largest absolute Gasteiger partial charge is 0.294 e. The average Bonchev–Trinajstić information content (AvgIpc) is 3.36. The lowest BCUT2D eigenvalue weighted by molar-refractivity contribution is -0.117. The summed E-state index contributed by atoms with van der Waals surface area (Å²) in [4.78, 5) is 51.7. The zero-order valence-corrected chi connectivity index (χ0v) is 44.4. The molecule has 1 heterocycles. The van der Waals surface area contributed by atoms with Gasteiger partial charge >= 0.3 is 0 Å². The molecule has 0 aromatic carbocycles. The number of hydrogen-bond acceptors (Lipinski definition) is 6. The number of amides is 3. The molecular weight excluding hydrogens is 889 g/mol. The highest BCUT2D eigenvalue weighted by Crippen LogP contribution is 2.13. The van der Waals surface area contributed by atoms with E-state index in [9.17, 15) is 14.4 Å². The normalized spacial score (nSPS) is 13.0. The highest BCUT2D eigenvalue weighted by atomic mass is 16.2. The number of hydrogen-bond donors (Lipinski definition) is 3. The van der Waals surface area contributed by atoms with Gasteiger partial charge in [0, 0.05) is 19.3 Å². The first-order chi connectivity index (χ1) is 35.5. The SMILES string of the molecule is CCC=CCC=CCC=CCC=CCC=CCCCC(=O)Nc1nc(NC(=O)CCCC=CCC=CCC=CCC=CCC=CCC)nc(NC(=O)CCCC=CCC=CCC=CCC=CCC=CCC)n1. The molecule has 0 saturated heterocycles. The van der Waals surface area contributed by atoms with Crippen molar-refractivity contribution in [1.29, 1.82) is 0 Å². The van der Waals surface area contributed by atoms with Crippen LogP contribution in [0.3, 0.4) is 0 Å². The Morgan fingerprint density at radius 2 is 0.444 bits per heavy atom. The molecule has 0 aliphatic heterocycles. The molecule has 0 atom stereocenters. The molecule has 0 bridgehead atoms. The van der Waals surface area contributed by atoms with Gasteiger partial charge in [-0.25, -0.2) is 0 Å². The number of allylic oxidation sites excluding steroid dienone is 30. The highest BCUT2D eigenvalue weighted by molar-refractivity contribution is 5.92. The van der Waals surface area contributed by atoms with Crippen molar-refractivity contribution in [3.63, 3.8) is 0 Å². The Bertz CT molecular complexity index is 1790. The number of aromatic nitrogens is 3. The molecule has 0 spiro atoms. The number of anilines is 3. The summed E-state index contributed by atoms with van der Waals surface area (Å²) in [5.41, 5.74) is 0. The molecule has 3 N–H and O–H groups in total. The van der Waals surface area contributed by atoms with Crippen molar-refractivity contribution in [3.8, 4) is 0 Å². The molecule has 3 amide bonds. The fourth-order valence-corrected chi connectivity index (χ4v) is 6.35. The summed E-state index contributed by atoms with van der Waals surface area (Å²) in [6.45, 7) is 6.43. The molecule has 0 fully saturated rings. The molecule has 0 aliphatic carbocycles. The summed E-state index contributed by atoms with van der Waals surface area (Å²) in [6, 6.07) is 0. The van der Waals surface area contributed by atoms with Crippen LogP contribution in [0, 0.1) is 0 Å². The number of nitrogens with zero attached hydrogens (tertiary/aromatic N) is 3. The van der Waals surface area contributed by atoms with Crippen LogP contribution >= 0.6 is 0 Å². The first-order valence-electron chi connectivity index (χ1n) is 26.9. The molecule has 0 saturated carbocycles. The van der Waals surface area contributed by atoms with Crippen LogP contribution in [0.1, 0.15) is 175 Å². The predicted molar refractivity (Wildman–Crippen MR) is 311 cm³/mol. The van der Waals surface area contributed by atoms with Gasteiger partial charge in [0.2, 0.25) is 35.6 Å². The Balaban J connectivity index is 2.64. The molecular formula is C63H90N6O3. The Morgan fingerprint density at radius 1 is 0.278 bits per heavy atom. The minimum atomic E-state index is -0.266. The number of carbonyl (C=O) groups is 3. The van der Waals surface area contributed by atoms with Gasteiger partial charge < -0.3 is 0 Å². The second-order valence-electron chi connectivity index (χ2n) is 16.8. The maximum atomic E-state index is 12.9. The van der Waals surface area contributed by atoms with E-state index in [-0.39, 0.29) is 54.8 Å². The van der Waals surface area contributed by atoms with Gasteiger partial charge in [0.05, 0.1) is 0 Å². The van der Waals surface area contributed by atoms with Crippen molar-refractivity contribution in [2.24, 2.45) is 0 Å². The molecule has 390 valence electrons. The fourth-order valence-electron chi connectivity index (χ4n) is 6.35. The number of nitrogens with one attached hydrogen (secondary N) is 3. The Morgan fingerprint density at radius 3 is 0.625 bits per heavy atom. The van der Waals surface area contributed by atoms with Crippen molar-refractivity contribution >= 4 is 35.6 Å². The first kappa shape index (κ1) is 63.5. The molecule has 0 unspecified atom stereocenters. The molecule has 9 nitrogen and oxygen atoms in total. The molecule has 9 heteroatoms. The van der Waals surface area contributed by atoms with Gasteiger partial charge in [0.15, 0.2) is 0 Å². The van der Waals surface area contributed by atoms with E-state index in [2.05, 4.69) is 234 Å². The third-order valence-corrected chi connectivity index (χ3v) is 10.2. The smallest absolute Gasteiger partial charge is 0.236 e. The summed E-state index contributed by atoms with van der Waals surface area (Å²) >= 11 is 0. The van der Waals surface area contributed by atoms with Gasteiger partial charge in [-0.1, -0.05) is 203 Å². The zero-order valence-electron chi connectivity index (χ0n) is 44.4. The van der Waals surface area contributed by atoms with E-state index >= 15 is 0 Å². The molecule has 1 rings (SSSR count). The van der Waals surface area contributed by atoms with Crippen LogP contribution < -0.4 is 16.0 Å². The van der Waals surface area contributed by atoms with Crippen LogP contribution in [0.15, 0.2) is 182 Å². The van der Waals surface area contributed by atoms with Gasteiger partial charge in [-0.3, -0.25) is 30.3 Å². The topological polar surface area (TPSA) is 126 Å². The van der Waals surface area contributed by atoms with Crippen LogP contribution in [-0.4, -0.2) is 32.7 Å². The van der Waals surface area contributed by atoms with Gasteiger partial charge in [-0.05, 0) is 135 Å². The van der Waals surface area contributed by atoms with E-state index in [4.69, 9.17) is 0 Å². The molecule has 72 heavy (non-hydrogen) atoms. The lowest BCUT2D eigenvalue weighted by Gasteiger charge is -2.10. The summed E-state index contributed by atoms with van der Waals surface area (Å²) in [7, 11) is 0. The predicted octanol–water partition coefficient (Wildman–Crippen LogP) is 17.5. The lowest BCUT2D eigenvalue weighted by Crippen LogP contribution is -2.20. The summed E-state index contributed by atoms with van der Waals surface area (Å²) in [5.74, 6) is -0.902.